The molecule has 0 spiro atoms. The Kier molecular flexibility index (Phi) is 4.51. The largest absolute Gasteiger partial charge is 0.334 e. The van der Waals surface area contributed by atoms with Gasteiger partial charge in [-0.05, 0) is 37.3 Å². The highest BCUT2D eigenvalue weighted by Gasteiger charge is 2.28. The van der Waals surface area contributed by atoms with Crippen LogP contribution >= 0.6 is 0 Å². The van der Waals surface area contributed by atoms with Gasteiger partial charge in [0.25, 0.3) is 5.56 Å². The molecular formula is C19H21N5O2. The number of pyridine rings is 1. The SMILES string of the molecule is O=C(CCc1cccnc1)N1CCCC[C@@H]1c1cc(=O)n2ccnc2[nH]1. The summed E-state index contributed by atoms with van der Waals surface area (Å²) in [4.78, 5) is 38.5. The van der Waals surface area contributed by atoms with Crippen LogP contribution in [0.1, 0.15) is 43.0 Å². The fraction of sp³-hybridized carbons (Fsp3) is 0.368. The van der Waals surface area contributed by atoms with Gasteiger partial charge in [0.1, 0.15) is 0 Å². The number of aromatic amines is 1. The summed E-state index contributed by atoms with van der Waals surface area (Å²) in [7, 11) is 0. The van der Waals surface area contributed by atoms with Crippen molar-refractivity contribution in [3.05, 3.63) is 64.6 Å². The fourth-order valence-corrected chi connectivity index (χ4v) is 3.62. The van der Waals surface area contributed by atoms with Gasteiger partial charge in [-0.1, -0.05) is 6.07 Å². The number of hydrogen-bond acceptors (Lipinski definition) is 4. The van der Waals surface area contributed by atoms with Gasteiger partial charge in [0.05, 0.1) is 6.04 Å². The average Bonchev–Trinajstić information content (AvgIpc) is 3.16. The van der Waals surface area contributed by atoms with Gasteiger partial charge in [-0.15, -0.1) is 0 Å². The first-order chi connectivity index (χ1) is 12.7. The zero-order valence-corrected chi connectivity index (χ0v) is 14.5. The standard InChI is InChI=1S/C19H21N5O2/c25-17(7-6-14-4-3-8-20-13-14)23-10-2-1-5-16(23)15-12-18(26)24-11-9-21-19(24)22-15/h3-4,8-9,11-13,16H,1-2,5-7,10H2,(H,21,22)/t16-/m1/s1. The molecule has 1 atom stereocenters. The molecule has 0 saturated carbocycles. The monoisotopic (exact) mass is 351 g/mol. The Balaban J connectivity index is 1.55. The van der Waals surface area contributed by atoms with Crippen molar-refractivity contribution in [1.82, 2.24) is 24.3 Å². The summed E-state index contributed by atoms with van der Waals surface area (Å²) in [5.74, 6) is 0.628. The first-order valence-corrected chi connectivity index (χ1v) is 8.97. The molecule has 3 aromatic rings. The number of amides is 1. The maximum atomic E-state index is 12.8. The molecule has 3 aromatic heterocycles. The van der Waals surface area contributed by atoms with Crippen LogP contribution in [0, 0.1) is 0 Å². The molecular weight excluding hydrogens is 330 g/mol. The first kappa shape index (κ1) is 16.5. The Morgan fingerprint density at radius 2 is 2.23 bits per heavy atom. The molecule has 7 nitrogen and oxygen atoms in total. The van der Waals surface area contributed by atoms with Crippen LogP contribution in [-0.2, 0) is 11.2 Å². The molecule has 0 unspecified atom stereocenters. The van der Waals surface area contributed by atoms with Crippen LogP contribution in [0.5, 0.6) is 0 Å². The molecule has 1 aliphatic rings. The van der Waals surface area contributed by atoms with Crippen molar-refractivity contribution in [2.45, 2.75) is 38.1 Å². The van der Waals surface area contributed by atoms with Gasteiger partial charge in [0, 0.05) is 49.5 Å². The second-order valence-corrected chi connectivity index (χ2v) is 6.64. The van der Waals surface area contributed by atoms with E-state index >= 15 is 0 Å². The molecule has 1 saturated heterocycles. The van der Waals surface area contributed by atoms with Crippen LogP contribution < -0.4 is 5.56 Å². The number of aryl methyl sites for hydroxylation is 1. The van der Waals surface area contributed by atoms with Crippen LogP contribution in [0.4, 0.5) is 0 Å². The van der Waals surface area contributed by atoms with Crippen molar-refractivity contribution < 1.29 is 4.79 Å². The van der Waals surface area contributed by atoms with Crippen molar-refractivity contribution in [3.63, 3.8) is 0 Å². The lowest BCUT2D eigenvalue weighted by molar-refractivity contribution is -0.135. The smallest absolute Gasteiger partial charge is 0.259 e. The highest BCUT2D eigenvalue weighted by Crippen LogP contribution is 2.30. The molecule has 0 radical (unpaired) electrons. The molecule has 7 heteroatoms. The van der Waals surface area contributed by atoms with E-state index in [1.165, 1.54) is 4.40 Å². The third kappa shape index (κ3) is 3.24. The predicted octanol–water partition coefficient (Wildman–Crippen LogP) is 2.10. The van der Waals surface area contributed by atoms with Crippen molar-refractivity contribution >= 4 is 11.7 Å². The fourth-order valence-electron chi connectivity index (χ4n) is 3.62. The zero-order chi connectivity index (χ0) is 17.9. The number of carbonyl (C=O) groups excluding carboxylic acids is 1. The van der Waals surface area contributed by atoms with Crippen LogP contribution in [0.2, 0.25) is 0 Å². The Bertz CT molecular complexity index is 963. The number of fused-ring (bicyclic) bond motifs is 1. The quantitative estimate of drug-likeness (QED) is 0.780. The van der Waals surface area contributed by atoms with Crippen LogP contribution in [0.25, 0.3) is 5.78 Å². The summed E-state index contributed by atoms with van der Waals surface area (Å²) in [6.07, 6.45) is 10.8. The molecule has 26 heavy (non-hydrogen) atoms. The Morgan fingerprint density at radius 3 is 3.08 bits per heavy atom. The molecule has 1 N–H and O–H groups in total. The van der Waals surface area contributed by atoms with Crippen molar-refractivity contribution in [1.29, 1.82) is 0 Å². The van der Waals surface area contributed by atoms with Gasteiger partial charge in [0.15, 0.2) is 0 Å². The number of H-pyrrole nitrogens is 1. The summed E-state index contributed by atoms with van der Waals surface area (Å²) in [6, 6.07) is 5.36. The van der Waals surface area contributed by atoms with Crippen molar-refractivity contribution in [2.24, 2.45) is 0 Å². The van der Waals surface area contributed by atoms with E-state index in [2.05, 4.69) is 15.0 Å². The number of likely N-dealkylation sites (tertiary alicyclic amines) is 1. The normalized spacial score (nSPS) is 17.5. The number of carbonyl (C=O) groups is 1. The van der Waals surface area contributed by atoms with E-state index in [1.54, 1.807) is 30.9 Å². The lowest BCUT2D eigenvalue weighted by Gasteiger charge is -2.35. The molecule has 4 rings (SSSR count). The molecule has 1 amide bonds. The molecule has 0 aliphatic carbocycles. The maximum Gasteiger partial charge on any atom is 0.259 e. The van der Waals surface area contributed by atoms with Crippen LogP contribution in [-0.4, -0.2) is 36.7 Å². The van der Waals surface area contributed by atoms with Gasteiger partial charge < -0.3 is 9.88 Å². The van der Waals surface area contributed by atoms with Crippen molar-refractivity contribution in [3.8, 4) is 0 Å². The summed E-state index contributed by atoms with van der Waals surface area (Å²) in [6.45, 7) is 0.720. The minimum absolute atomic E-state index is 0.0976. The highest BCUT2D eigenvalue weighted by molar-refractivity contribution is 5.77. The lowest BCUT2D eigenvalue weighted by Crippen LogP contribution is -2.39. The number of imidazole rings is 1. The topological polar surface area (TPSA) is 83.4 Å². The van der Waals surface area contributed by atoms with E-state index < -0.39 is 0 Å². The van der Waals surface area contributed by atoms with Crippen LogP contribution in [0.15, 0.2) is 47.8 Å². The molecule has 1 fully saturated rings. The summed E-state index contributed by atoms with van der Waals surface area (Å²) in [5, 5.41) is 0. The number of nitrogens with one attached hydrogen (secondary N) is 1. The van der Waals surface area contributed by atoms with Gasteiger partial charge in [-0.25, -0.2) is 4.98 Å². The zero-order valence-electron chi connectivity index (χ0n) is 14.5. The molecule has 0 bridgehead atoms. The third-order valence-electron chi connectivity index (χ3n) is 4.95. The molecule has 1 aliphatic heterocycles. The minimum atomic E-state index is -0.125. The molecule has 134 valence electrons. The lowest BCUT2D eigenvalue weighted by atomic mass is 9.98. The second kappa shape index (κ2) is 7.11. The minimum Gasteiger partial charge on any atom is -0.334 e. The van der Waals surface area contributed by atoms with Gasteiger partial charge in [0.2, 0.25) is 11.7 Å². The van der Waals surface area contributed by atoms with E-state index in [0.29, 0.717) is 18.6 Å². The summed E-state index contributed by atoms with van der Waals surface area (Å²) in [5.41, 5.74) is 1.70. The maximum absolute atomic E-state index is 12.8. The Morgan fingerprint density at radius 1 is 1.31 bits per heavy atom. The van der Waals surface area contributed by atoms with E-state index in [0.717, 1.165) is 37.1 Å². The number of nitrogens with zero attached hydrogens (tertiary/aromatic N) is 4. The predicted molar refractivity (Wildman–Crippen MR) is 96.7 cm³/mol. The summed E-state index contributed by atoms with van der Waals surface area (Å²) < 4.78 is 1.47. The van der Waals surface area contributed by atoms with Crippen LogP contribution in [0.3, 0.4) is 0 Å². The van der Waals surface area contributed by atoms with E-state index in [-0.39, 0.29) is 17.5 Å². The Labute approximate surface area is 150 Å². The Hall–Kier alpha value is -2.96. The number of rotatable bonds is 4. The molecule has 4 heterocycles. The van der Waals surface area contributed by atoms with E-state index in [9.17, 15) is 9.59 Å². The third-order valence-corrected chi connectivity index (χ3v) is 4.95. The first-order valence-electron chi connectivity index (χ1n) is 8.97. The highest BCUT2D eigenvalue weighted by atomic mass is 16.2. The van der Waals surface area contributed by atoms with Gasteiger partial charge >= 0.3 is 0 Å². The number of hydrogen-bond donors (Lipinski definition) is 1. The van der Waals surface area contributed by atoms with E-state index in [4.69, 9.17) is 0 Å². The van der Waals surface area contributed by atoms with Gasteiger partial charge in [-0.3, -0.25) is 19.0 Å². The summed E-state index contributed by atoms with van der Waals surface area (Å²) >= 11 is 0. The number of piperidine rings is 1. The average molecular weight is 351 g/mol. The second-order valence-electron chi connectivity index (χ2n) is 6.64. The number of aromatic nitrogens is 4. The molecule has 0 aromatic carbocycles. The van der Waals surface area contributed by atoms with Crippen molar-refractivity contribution in [2.75, 3.05) is 6.54 Å². The van der Waals surface area contributed by atoms with E-state index in [1.807, 2.05) is 17.0 Å². The van der Waals surface area contributed by atoms with Gasteiger partial charge in [-0.2, -0.15) is 0 Å².